The van der Waals surface area contributed by atoms with Crippen molar-refractivity contribution in [3.05, 3.63) is 84.2 Å². The van der Waals surface area contributed by atoms with E-state index in [4.69, 9.17) is 4.84 Å². The average molecular weight is 452 g/mol. The summed E-state index contributed by atoms with van der Waals surface area (Å²) < 4.78 is 27.3. The summed E-state index contributed by atoms with van der Waals surface area (Å²) in [5.74, 6) is 0.0802. The van der Waals surface area contributed by atoms with Gasteiger partial charge in [-0.05, 0) is 35.9 Å². The Morgan fingerprint density at radius 2 is 1.78 bits per heavy atom. The highest BCUT2D eigenvalue weighted by Crippen LogP contribution is 2.22. The summed E-state index contributed by atoms with van der Waals surface area (Å²) in [4.78, 5) is 21.9. The molecular weight excluding hydrogens is 430 g/mol. The number of sulfonamides is 1. The Labute approximate surface area is 185 Å². The van der Waals surface area contributed by atoms with Crippen molar-refractivity contribution < 1.29 is 18.0 Å². The van der Waals surface area contributed by atoms with Crippen LogP contribution in [0.4, 0.5) is 5.82 Å². The first-order valence-electron chi connectivity index (χ1n) is 9.70. The minimum absolute atomic E-state index is 0.117. The van der Waals surface area contributed by atoms with Gasteiger partial charge in [0.15, 0.2) is 5.69 Å². The Bertz CT molecular complexity index is 1350. The van der Waals surface area contributed by atoms with Crippen LogP contribution in [0.25, 0.3) is 10.9 Å². The fraction of sp³-hybridized carbons (Fsp3) is 0.136. The summed E-state index contributed by atoms with van der Waals surface area (Å²) in [6, 6.07) is 19.1. The van der Waals surface area contributed by atoms with Gasteiger partial charge in [0, 0.05) is 18.6 Å². The SMILES string of the molecule is CON(C)S(=O)(=O)c1ccc(Cn2nc(C(=O)Nc3ccccn3)c3ccccc32)cc1. The number of rotatable bonds is 7. The van der Waals surface area contributed by atoms with Crippen LogP contribution in [-0.4, -0.2) is 47.7 Å². The van der Waals surface area contributed by atoms with Crippen molar-refractivity contribution in [1.82, 2.24) is 19.2 Å². The molecule has 9 nitrogen and oxygen atoms in total. The van der Waals surface area contributed by atoms with Gasteiger partial charge >= 0.3 is 0 Å². The number of nitrogens with zero attached hydrogens (tertiary/aromatic N) is 4. The van der Waals surface area contributed by atoms with Gasteiger partial charge in [0.2, 0.25) is 0 Å². The zero-order valence-electron chi connectivity index (χ0n) is 17.5. The molecule has 0 aliphatic rings. The standard InChI is InChI=1S/C22H21N5O4S/c1-26(31-2)32(29,30)17-12-10-16(11-13-17)15-27-19-8-4-3-7-18(19)21(25-27)22(28)24-20-9-5-6-14-23-20/h3-14H,15H2,1-2H3,(H,23,24,28). The number of benzene rings is 2. The summed E-state index contributed by atoms with van der Waals surface area (Å²) in [6.07, 6.45) is 1.60. The lowest BCUT2D eigenvalue weighted by Gasteiger charge is -2.14. The number of fused-ring (bicyclic) bond motifs is 1. The maximum Gasteiger partial charge on any atom is 0.277 e. The average Bonchev–Trinajstić information content (AvgIpc) is 3.18. The predicted molar refractivity (Wildman–Crippen MR) is 119 cm³/mol. The number of pyridine rings is 1. The first kappa shape index (κ1) is 21.6. The second-order valence-corrected chi connectivity index (χ2v) is 8.87. The van der Waals surface area contributed by atoms with E-state index in [0.717, 1.165) is 15.5 Å². The smallest absolute Gasteiger partial charge is 0.277 e. The summed E-state index contributed by atoms with van der Waals surface area (Å²) in [5.41, 5.74) is 1.90. The molecule has 1 amide bonds. The first-order chi connectivity index (χ1) is 15.4. The highest BCUT2D eigenvalue weighted by molar-refractivity contribution is 7.89. The quantitative estimate of drug-likeness (QED) is 0.433. The summed E-state index contributed by atoms with van der Waals surface area (Å²) in [5, 5.41) is 7.99. The Kier molecular flexibility index (Phi) is 5.99. The van der Waals surface area contributed by atoms with Crippen LogP contribution in [0.15, 0.2) is 77.8 Å². The number of carbonyl (C=O) groups is 1. The Morgan fingerprint density at radius 1 is 1.06 bits per heavy atom. The van der Waals surface area contributed by atoms with Crippen LogP contribution in [0.1, 0.15) is 16.1 Å². The molecule has 4 aromatic rings. The second-order valence-electron chi connectivity index (χ2n) is 6.93. The molecule has 0 spiro atoms. The van der Waals surface area contributed by atoms with Gasteiger partial charge in [0.1, 0.15) is 5.82 Å². The molecule has 2 heterocycles. The molecule has 2 aromatic heterocycles. The van der Waals surface area contributed by atoms with Crippen LogP contribution in [-0.2, 0) is 21.4 Å². The molecule has 0 atom stereocenters. The van der Waals surface area contributed by atoms with Gasteiger partial charge in [-0.3, -0.25) is 14.3 Å². The van der Waals surface area contributed by atoms with Crippen LogP contribution in [0.2, 0.25) is 0 Å². The monoisotopic (exact) mass is 451 g/mol. The normalized spacial score (nSPS) is 11.7. The third-order valence-corrected chi connectivity index (χ3v) is 6.62. The molecule has 2 aromatic carbocycles. The molecule has 10 heteroatoms. The van der Waals surface area contributed by atoms with Crippen LogP contribution in [0.3, 0.4) is 0 Å². The van der Waals surface area contributed by atoms with Crippen molar-refractivity contribution >= 4 is 32.7 Å². The molecule has 0 fully saturated rings. The number of nitrogens with one attached hydrogen (secondary N) is 1. The lowest BCUT2D eigenvalue weighted by molar-refractivity contribution is -0.0258. The number of hydroxylamine groups is 1. The van der Waals surface area contributed by atoms with E-state index in [1.165, 1.54) is 26.3 Å². The van der Waals surface area contributed by atoms with E-state index < -0.39 is 10.0 Å². The molecule has 1 N–H and O–H groups in total. The molecule has 4 rings (SSSR count). The minimum Gasteiger partial charge on any atom is -0.305 e. The Hall–Kier alpha value is -3.60. The van der Waals surface area contributed by atoms with Gasteiger partial charge in [-0.25, -0.2) is 13.4 Å². The minimum atomic E-state index is -3.72. The van der Waals surface area contributed by atoms with Crippen molar-refractivity contribution in [2.75, 3.05) is 19.5 Å². The lowest BCUT2D eigenvalue weighted by atomic mass is 10.2. The van der Waals surface area contributed by atoms with E-state index in [9.17, 15) is 13.2 Å². The van der Waals surface area contributed by atoms with Crippen molar-refractivity contribution in [3.63, 3.8) is 0 Å². The third-order valence-electron chi connectivity index (χ3n) is 4.93. The number of carbonyl (C=O) groups excluding carboxylic acids is 1. The van der Waals surface area contributed by atoms with Crippen LogP contribution < -0.4 is 5.32 Å². The number of aromatic nitrogens is 3. The first-order valence-corrected chi connectivity index (χ1v) is 11.1. The fourth-order valence-electron chi connectivity index (χ4n) is 3.21. The Morgan fingerprint density at radius 3 is 2.47 bits per heavy atom. The van der Waals surface area contributed by atoms with E-state index in [0.29, 0.717) is 17.7 Å². The molecule has 164 valence electrons. The molecule has 0 aliphatic heterocycles. The van der Waals surface area contributed by atoms with E-state index in [1.807, 2.05) is 24.3 Å². The lowest BCUT2D eigenvalue weighted by Crippen LogP contribution is -2.25. The maximum absolute atomic E-state index is 12.8. The van der Waals surface area contributed by atoms with Gasteiger partial charge in [-0.1, -0.05) is 40.9 Å². The zero-order chi connectivity index (χ0) is 22.7. The highest BCUT2D eigenvalue weighted by Gasteiger charge is 2.21. The molecule has 0 saturated heterocycles. The van der Waals surface area contributed by atoms with Gasteiger partial charge in [-0.15, -0.1) is 0 Å². The molecule has 32 heavy (non-hydrogen) atoms. The zero-order valence-corrected chi connectivity index (χ0v) is 18.3. The van der Waals surface area contributed by atoms with E-state index in [2.05, 4.69) is 15.4 Å². The molecular formula is C22H21N5O4S. The summed E-state index contributed by atoms with van der Waals surface area (Å²) >= 11 is 0. The molecule has 0 bridgehead atoms. The van der Waals surface area contributed by atoms with Crippen LogP contribution in [0, 0.1) is 0 Å². The van der Waals surface area contributed by atoms with E-state index in [1.54, 1.807) is 41.2 Å². The molecule has 0 unspecified atom stereocenters. The van der Waals surface area contributed by atoms with Gasteiger partial charge in [0.05, 0.1) is 24.1 Å². The molecule has 0 saturated carbocycles. The van der Waals surface area contributed by atoms with Crippen LogP contribution in [0.5, 0.6) is 0 Å². The van der Waals surface area contributed by atoms with Crippen molar-refractivity contribution in [2.45, 2.75) is 11.4 Å². The van der Waals surface area contributed by atoms with Gasteiger partial charge in [0.25, 0.3) is 15.9 Å². The van der Waals surface area contributed by atoms with E-state index in [-0.39, 0.29) is 16.5 Å². The van der Waals surface area contributed by atoms with Crippen molar-refractivity contribution in [2.24, 2.45) is 0 Å². The molecule has 0 radical (unpaired) electrons. The largest absolute Gasteiger partial charge is 0.305 e. The number of anilines is 1. The van der Waals surface area contributed by atoms with Gasteiger partial charge < -0.3 is 5.32 Å². The van der Waals surface area contributed by atoms with Crippen molar-refractivity contribution in [3.8, 4) is 0 Å². The number of hydrogen-bond acceptors (Lipinski definition) is 6. The summed E-state index contributed by atoms with van der Waals surface area (Å²) in [7, 11) is -1.10. The summed E-state index contributed by atoms with van der Waals surface area (Å²) in [6.45, 7) is 0.359. The highest BCUT2D eigenvalue weighted by atomic mass is 32.2. The maximum atomic E-state index is 12.8. The fourth-order valence-corrected chi connectivity index (χ4v) is 4.19. The number of para-hydroxylation sites is 1. The third kappa shape index (κ3) is 4.24. The topological polar surface area (TPSA) is 106 Å². The number of amides is 1. The van der Waals surface area contributed by atoms with Crippen LogP contribution >= 0.6 is 0 Å². The second kappa shape index (κ2) is 8.87. The van der Waals surface area contributed by atoms with Crippen molar-refractivity contribution in [1.29, 1.82) is 0 Å². The predicted octanol–water partition coefficient (Wildman–Crippen LogP) is 2.91. The van der Waals surface area contributed by atoms with Gasteiger partial charge in [-0.2, -0.15) is 5.10 Å². The molecule has 0 aliphatic carbocycles. The number of hydrogen-bond donors (Lipinski definition) is 1. The Balaban J connectivity index is 1.62. The van der Waals surface area contributed by atoms with E-state index >= 15 is 0 Å².